The number of benzene rings is 1. The quantitative estimate of drug-likeness (QED) is 0.863. The molecule has 1 aliphatic rings. The zero-order chi connectivity index (χ0) is 13.8. The van der Waals surface area contributed by atoms with E-state index in [9.17, 15) is 4.79 Å². The van der Waals surface area contributed by atoms with Crippen LogP contribution < -0.4 is 5.73 Å². The van der Waals surface area contributed by atoms with Gasteiger partial charge in [-0.05, 0) is 24.6 Å². The first-order valence-corrected chi connectivity index (χ1v) is 6.26. The summed E-state index contributed by atoms with van der Waals surface area (Å²) in [5.74, 6) is -0.360. The number of amides is 1. The van der Waals surface area contributed by atoms with Crippen molar-refractivity contribution in [3.8, 4) is 6.07 Å². The first kappa shape index (κ1) is 13.5. The summed E-state index contributed by atoms with van der Waals surface area (Å²) >= 11 is 0. The molecule has 2 atom stereocenters. The first-order valence-electron chi connectivity index (χ1n) is 6.26. The number of morpholine rings is 1. The molecule has 2 rings (SSSR count). The van der Waals surface area contributed by atoms with Crippen molar-refractivity contribution in [1.29, 1.82) is 5.26 Å². The third-order valence-electron chi connectivity index (χ3n) is 3.36. The molecule has 1 saturated heterocycles. The lowest BCUT2D eigenvalue weighted by Crippen LogP contribution is -2.56. The average Bonchev–Trinajstić information content (AvgIpc) is 2.39. The Bertz CT molecular complexity index is 492. The number of rotatable bonds is 3. The topological polar surface area (TPSA) is 79.3 Å². The summed E-state index contributed by atoms with van der Waals surface area (Å²) in [5.41, 5.74) is 7.13. The van der Waals surface area contributed by atoms with E-state index in [1.165, 1.54) is 0 Å². The predicted molar refractivity (Wildman–Crippen MR) is 70.0 cm³/mol. The average molecular weight is 259 g/mol. The third kappa shape index (κ3) is 3.11. The molecule has 0 radical (unpaired) electrons. The number of hydrogen-bond acceptors (Lipinski definition) is 4. The van der Waals surface area contributed by atoms with Crippen LogP contribution >= 0.6 is 0 Å². The van der Waals surface area contributed by atoms with Crippen LogP contribution in [0.4, 0.5) is 0 Å². The van der Waals surface area contributed by atoms with Gasteiger partial charge in [-0.25, -0.2) is 0 Å². The van der Waals surface area contributed by atoms with Crippen LogP contribution in [0.15, 0.2) is 24.3 Å². The summed E-state index contributed by atoms with van der Waals surface area (Å²) in [6.07, 6.45) is -0.190. The molecule has 2 N–H and O–H groups in total. The second-order valence-electron chi connectivity index (χ2n) is 4.70. The second-order valence-corrected chi connectivity index (χ2v) is 4.70. The van der Waals surface area contributed by atoms with E-state index in [1.807, 2.05) is 24.0 Å². The molecule has 0 saturated carbocycles. The Morgan fingerprint density at radius 2 is 2.21 bits per heavy atom. The van der Waals surface area contributed by atoms with Crippen molar-refractivity contribution in [2.24, 2.45) is 5.73 Å². The fourth-order valence-corrected chi connectivity index (χ4v) is 2.39. The number of ether oxygens (including phenoxy) is 1. The zero-order valence-corrected chi connectivity index (χ0v) is 10.9. The summed E-state index contributed by atoms with van der Waals surface area (Å²) in [4.78, 5) is 13.5. The Morgan fingerprint density at radius 3 is 2.79 bits per heavy atom. The Morgan fingerprint density at radius 1 is 1.53 bits per heavy atom. The van der Waals surface area contributed by atoms with E-state index < -0.39 is 6.04 Å². The van der Waals surface area contributed by atoms with E-state index in [1.54, 1.807) is 12.1 Å². The summed E-state index contributed by atoms with van der Waals surface area (Å²) < 4.78 is 5.47. The largest absolute Gasteiger partial charge is 0.375 e. The van der Waals surface area contributed by atoms with Crippen LogP contribution in [0.1, 0.15) is 18.1 Å². The van der Waals surface area contributed by atoms with Gasteiger partial charge in [0.2, 0.25) is 5.91 Å². The monoisotopic (exact) mass is 259 g/mol. The van der Waals surface area contributed by atoms with Gasteiger partial charge in [-0.2, -0.15) is 5.26 Å². The molecule has 0 unspecified atom stereocenters. The van der Waals surface area contributed by atoms with Crippen LogP contribution in [0.2, 0.25) is 0 Å². The molecule has 0 bridgehead atoms. The molecule has 1 heterocycles. The van der Waals surface area contributed by atoms with Gasteiger partial charge < -0.3 is 10.5 Å². The highest BCUT2D eigenvalue weighted by Crippen LogP contribution is 2.17. The minimum Gasteiger partial charge on any atom is -0.375 e. The molecule has 5 nitrogen and oxygen atoms in total. The molecular formula is C14H17N3O2. The molecule has 5 heteroatoms. The zero-order valence-electron chi connectivity index (χ0n) is 10.9. The predicted octanol–water partition coefficient (Wildman–Crippen LogP) is 0.633. The van der Waals surface area contributed by atoms with Crippen molar-refractivity contribution in [3.05, 3.63) is 35.4 Å². The fraction of sp³-hybridized carbons (Fsp3) is 0.429. The molecule has 19 heavy (non-hydrogen) atoms. The lowest BCUT2D eigenvalue weighted by Gasteiger charge is -2.37. The molecule has 0 spiro atoms. The minimum atomic E-state index is -0.399. The minimum absolute atomic E-state index is 0.190. The van der Waals surface area contributed by atoms with E-state index in [0.29, 0.717) is 25.3 Å². The van der Waals surface area contributed by atoms with E-state index in [0.717, 1.165) is 5.56 Å². The van der Waals surface area contributed by atoms with E-state index in [4.69, 9.17) is 15.7 Å². The van der Waals surface area contributed by atoms with Crippen LogP contribution in [0, 0.1) is 11.3 Å². The van der Waals surface area contributed by atoms with E-state index in [2.05, 4.69) is 6.07 Å². The number of carbonyl (C=O) groups excluding carboxylic acids is 1. The molecule has 0 aliphatic carbocycles. The highest BCUT2D eigenvalue weighted by Gasteiger charge is 2.33. The van der Waals surface area contributed by atoms with Crippen molar-refractivity contribution in [1.82, 2.24) is 4.90 Å². The summed E-state index contributed by atoms with van der Waals surface area (Å²) in [6.45, 7) is 3.77. The molecule has 1 amide bonds. The SMILES string of the molecule is C[C@H]1OCCN(Cc2ccc(C#N)cc2)[C@@H]1C(N)=O. The van der Waals surface area contributed by atoms with Gasteiger partial charge >= 0.3 is 0 Å². The standard InChI is InChI=1S/C14H17N3O2/c1-10-13(14(16)18)17(6-7-19-10)9-12-4-2-11(8-15)3-5-12/h2-5,10,13H,6-7,9H2,1H3,(H2,16,18)/t10-,13+/m1/s1. The Kier molecular flexibility index (Phi) is 4.15. The molecule has 1 fully saturated rings. The molecule has 1 aliphatic heterocycles. The molecule has 100 valence electrons. The number of nitrogens with two attached hydrogens (primary N) is 1. The van der Waals surface area contributed by atoms with Crippen LogP contribution in [-0.2, 0) is 16.1 Å². The summed E-state index contributed by atoms with van der Waals surface area (Å²) in [7, 11) is 0. The first-order chi connectivity index (χ1) is 9.11. The van der Waals surface area contributed by atoms with Crippen molar-refractivity contribution in [2.45, 2.75) is 25.6 Å². The fourth-order valence-electron chi connectivity index (χ4n) is 2.39. The van der Waals surface area contributed by atoms with Crippen molar-refractivity contribution in [2.75, 3.05) is 13.2 Å². The number of nitrogens with zero attached hydrogens (tertiary/aromatic N) is 2. The second kappa shape index (κ2) is 5.83. The van der Waals surface area contributed by atoms with Crippen molar-refractivity contribution >= 4 is 5.91 Å². The van der Waals surface area contributed by atoms with Gasteiger partial charge in [-0.15, -0.1) is 0 Å². The maximum atomic E-state index is 11.5. The van der Waals surface area contributed by atoms with Gasteiger partial charge in [-0.1, -0.05) is 12.1 Å². The number of nitriles is 1. The Balaban J connectivity index is 2.11. The molecule has 1 aromatic carbocycles. The smallest absolute Gasteiger partial charge is 0.237 e. The molecule has 1 aromatic rings. The van der Waals surface area contributed by atoms with E-state index in [-0.39, 0.29) is 12.0 Å². The van der Waals surface area contributed by atoms with Gasteiger partial charge in [0, 0.05) is 13.1 Å². The van der Waals surface area contributed by atoms with Crippen molar-refractivity contribution in [3.63, 3.8) is 0 Å². The van der Waals surface area contributed by atoms with Crippen LogP contribution in [0.3, 0.4) is 0 Å². The maximum Gasteiger partial charge on any atom is 0.237 e. The number of carbonyl (C=O) groups is 1. The molecule has 0 aromatic heterocycles. The summed E-state index contributed by atoms with van der Waals surface area (Å²) in [6, 6.07) is 9.04. The van der Waals surface area contributed by atoms with Gasteiger partial charge in [-0.3, -0.25) is 9.69 Å². The van der Waals surface area contributed by atoms with Crippen LogP contribution in [0.5, 0.6) is 0 Å². The highest BCUT2D eigenvalue weighted by molar-refractivity contribution is 5.80. The number of primary amides is 1. The Labute approximate surface area is 112 Å². The van der Waals surface area contributed by atoms with Gasteiger partial charge in [0.15, 0.2) is 0 Å². The maximum absolute atomic E-state index is 11.5. The normalized spacial score (nSPS) is 23.8. The summed E-state index contributed by atoms with van der Waals surface area (Å²) in [5, 5.41) is 8.76. The number of hydrogen-bond donors (Lipinski definition) is 1. The van der Waals surface area contributed by atoms with Crippen molar-refractivity contribution < 1.29 is 9.53 Å². The van der Waals surface area contributed by atoms with Gasteiger partial charge in [0.05, 0.1) is 24.3 Å². The highest BCUT2D eigenvalue weighted by atomic mass is 16.5. The molecular weight excluding hydrogens is 242 g/mol. The van der Waals surface area contributed by atoms with E-state index >= 15 is 0 Å². The Hall–Kier alpha value is -1.90. The van der Waals surface area contributed by atoms with Gasteiger partial charge in [0.25, 0.3) is 0 Å². The van der Waals surface area contributed by atoms with Gasteiger partial charge in [0.1, 0.15) is 6.04 Å². The lowest BCUT2D eigenvalue weighted by atomic mass is 10.1. The van der Waals surface area contributed by atoms with Crippen LogP contribution in [0.25, 0.3) is 0 Å². The van der Waals surface area contributed by atoms with Crippen LogP contribution in [-0.4, -0.2) is 36.1 Å². The third-order valence-corrected chi connectivity index (χ3v) is 3.36. The lowest BCUT2D eigenvalue weighted by molar-refractivity contribution is -0.136.